The van der Waals surface area contributed by atoms with Gasteiger partial charge < -0.3 is 15.7 Å². The lowest BCUT2D eigenvalue weighted by Crippen LogP contribution is -2.43. The van der Waals surface area contributed by atoms with Crippen molar-refractivity contribution in [2.24, 2.45) is 5.92 Å². The summed E-state index contributed by atoms with van der Waals surface area (Å²) >= 11 is 0. The molecule has 8 heteroatoms. The monoisotopic (exact) mass is 318 g/mol. The number of hydrogen-bond acceptors (Lipinski definition) is 3. The molecule has 122 valence electrons. The molecule has 0 heterocycles. The number of amides is 2. The molecular formula is C14H17F3N2O3. The van der Waals surface area contributed by atoms with Crippen LogP contribution in [0.2, 0.25) is 0 Å². The Labute approximate surface area is 125 Å². The van der Waals surface area contributed by atoms with E-state index >= 15 is 0 Å². The molecule has 0 aliphatic heterocycles. The summed E-state index contributed by atoms with van der Waals surface area (Å²) in [6.07, 6.45) is -4.46. The van der Waals surface area contributed by atoms with Crippen LogP contribution >= 0.6 is 0 Å². The third-order valence-corrected chi connectivity index (χ3v) is 3.18. The molecule has 1 aromatic rings. The Morgan fingerprint density at radius 1 is 1.14 bits per heavy atom. The normalized spacial score (nSPS) is 14.1. The summed E-state index contributed by atoms with van der Waals surface area (Å²) < 4.78 is 37.2. The number of alkyl halides is 3. The summed E-state index contributed by atoms with van der Waals surface area (Å²) in [5, 5.41) is 13.5. The summed E-state index contributed by atoms with van der Waals surface area (Å²) in [6, 6.07) is 3.33. The van der Waals surface area contributed by atoms with Crippen molar-refractivity contribution in [1.82, 2.24) is 5.32 Å². The minimum atomic E-state index is -4.46. The highest BCUT2D eigenvalue weighted by atomic mass is 19.4. The maximum Gasteiger partial charge on any atom is 0.416 e. The van der Waals surface area contributed by atoms with E-state index in [-0.39, 0.29) is 18.2 Å². The molecule has 22 heavy (non-hydrogen) atoms. The van der Waals surface area contributed by atoms with Crippen molar-refractivity contribution in [1.29, 1.82) is 0 Å². The number of carbonyl (C=O) groups is 2. The van der Waals surface area contributed by atoms with Crippen LogP contribution < -0.4 is 10.6 Å². The molecule has 0 aliphatic carbocycles. The van der Waals surface area contributed by atoms with Crippen LogP contribution in [0.25, 0.3) is 0 Å². The van der Waals surface area contributed by atoms with Gasteiger partial charge in [0.1, 0.15) is 0 Å². The number of rotatable bonds is 4. The third kappa shape index (κ3) is 5.03. The molecule has 1 aromatic carbocycles. The van der Waals surface area contributed by atoms with Crippen LogP contribution in [0.4, 0.5) is 18.9 Å². The zero-order valence-corrected chi connectivity index (χ0v) is 12.1. The number of aliphatic hydroxyl groups excluding tert-OH is 1. The van der Waals surface area contributed by atoms with E-state index in [9.17, 15) is 22.8 Å². The Kier molecular flexibility index (Phi) is 5.92. The summed E-state index contributed by atoms with van der Waals surface area (Å²) in [5.74, 6) is -2.15. The van der Waals surface area contributed by atoms with Crippen LogP contribution in [0.15, 0.2) is 24.3 Å². The second kappa shape index (κ2) is 7.26. The van der Waals surface area contributed by atoms with Gasteiger partial charge in [-0.1, -0.05) is 6.92 Å². The van der Waals surface area contributed by atoms with Crippen molar-refractivity contribution in [2.45, 2.75) is 26.1 Å². The van der Waals surface area contributed by atoms with Crippen molar-refractivity contribution in [3.05, 3.63) is 29.8 Å². The molecule has 0 aromatic heterocycles. The van der Waals surface area contributed by atoms with Gasteiger partial charge in [-0.3, -0.25) is 9.59 Å². The lowest BCUT2D eigenvalue weighted by molar-refractivity contribution is -0.137. The van der Waals surface area contributed by atoms with E-state index in [0.29, 0.717) is 0 Å². The minimum Gasteiger partial charge on any atom is -0.396 e. The molecule has 5 nitrogen and oxygen atoms in total. The van der Waals surface area contributed by atoms with Gasteiger partial charge >= 0.3 is 18.0 Å². The Hall–Kier alpha value is -2.09. The first-order valence-electron chi connectivity index (χ1n) is 6.55. The molecule has 0 saturated carbocycles. The van der Waals surface area contributed by atoms with Crippen LogP contribution in [0.5, 0.6) is 0 Å². The van der Waals surface area contributed by atoms with Crippen LogP contribution in [0, 0.1) is 5.92 Å². The van der Waals surface area contributed by atoms with Crippen molar-refractivity contribution < 1.29 is 27.9 Å². The van der Waals surface area contributed by atoms with E-state index in [1.165, 1.54) is 0 Å². The van der Waals surface area contributed by atoms with Crippen LogP contribution in [-0.2, 0) is 15.8 Å². The number of aliphatic hydroxyl groups is 1. The topological polar surface area (TPSA) is 78.4 Å². The predicted molar refractivity (Wildman–Crippen MR) is 73.9 cm³/mol. The van der Waals surface area contributed by atoms with Crippen molar-refractivity contribution >= 4 is 17.5 Å². The smallest absolute Gasteiger partial charge is 0.396 e. The fourth-order valence-electron chi connectivity index (χ4n) is 1.50. The molecule has 0 saturated heterocycles. The SMILES string of the molecule is CC(CO)C(C)NC(=O)C(=O)Nc1ccc(C(F)(F)F)cc1. The van der Waals surface area contributed by atoms with Gasteiger partial charge in [0.25, 0.3) is 0 Å². The fraction of sp³-hybridized carbons (Fsp3) is 0.429. The highest BCUT2D eigenvalue weighted by molar-refractivity contribution is 6.39. The number of carbonyl (C=O) groups excluding carboxylic acids is 2. The molecular weight excluding hydrogens is 301 g/mol. The minimum absolute atomic E-state index is 0.0796. The second-order valence-corrected chi connectivity index (χ2v) is 4.95. The van der Waals surface area contributed by atoms with Gasteiger partial charge in [0.2, 0.25) is 0 Å². The molecule has 0 bridgehead atoms. The van der Waals surface area contributed by atoms with Crippen molar-refractivity contribution in [3.63, 3.8) is 0 Å². The van der Waals surface area contributed by atoms with Gasteiger partial charge in [-0.25, -0.2) is 0 Å². The standard InChI is InChI=1S/C14H17F3N2O3/c1-8(7-20)9(2)18-12(21)13(22)19-11-5-3-10(4-6-11)14(15,16)17/h3-6,8-9,20H,7H2,1-2H3,(H,18,21)(H,19,22). The van der Waals surface area contributed by atoms with Gasteiger partial charge in [-0.05, 0) is 37.1 Å². The Morgan fingerprint density at radius 2 is 1.68 bits per heavy atom. The third-order valence-electron chi connectivity index (χ3n) is 3.18. The molecule has 0 spiro atoms. The molecule has 3 N–H and O–H groups in total. The highest BCUT2D eigenvalue weighted by Crippen LogP contribution is 2.29. The lowest BCUT2D eigenvalue weighted by Gasteiger charge is -2.18. The molecule has 2 amide bonds. The predicted octanol–water partition coefficient (Wildman–Crippen LogP) is 1.78. The van der Waals surface area contributed by atoms with Gasteiger partial charge in [0, 0.05) is 18.3 Å². The van der Waals surface area contributed by atoms with E-state index in [2.05, 4.69) is 10.6 Å². The van der Waals surface area contributed by atoms with E-state index in [0.717, 1.165) is 24.3 Å². The van der Waals surface area contributed by atoms with Crippen LogP contribution in [0.3, 0.4) is 0 Å². The number of nitrogens with one attached hydrogen (secondary N) is 2. The summed E-state index contributed by atoms with van der Waals surface area (Å²) in [7, 11) is 0. The molecule has 0 fully saturated rings. The zero-order chi connectivity index (χ0) is 16.9. The van der Waals surface area contributed by atoms with Crippen LogP contribution in [0.1, 0.15) is 19.4 Å². The van der Waals surface area contributed by atoms with E-state index in [4.69, 9.17) is 5.11 Å². The molecule has 2 unspecified atom stereocenters. The highest BCUT2D eigenvalue weighted by Gasteiger charge is 2.30. The average Bonchev–Trinajstić information content (AvgIpc) is 2.45. The number of benzene rings is 1. The summed E-state index contributed by atoms with van der Waals surface area (Å²) in [4.78, 5) is 23.3. The summed E-state index contributed by atoms with van der Waals surface area (Å²) in [5.41, 5.74) is -0.767. The fourth-order valence-corrected chi connectivity index (χ4v) is 1.50. The first-order chi connectivity index (χ1) is 10.1. The van der Waals surface area contributed by atoms with Gasteiger partial charge in [-0.15, -0.1) is 0 Å². The van der Waals surface area contributed by atoms with Crippen molar-refractivity contribution in [2.75, 3.05) is 11.9 Å². The number of hydrogen-bond donors (Lipinski definition) is 3. The van der Waals surface area contributed by atoms with E-state index < -0.39 is 29.6 Å². The first-order valence-corrected chi connectivity index (χ1v) is 6.55. The maximum atomic E-state index is 12.4. The Bertz CT molecular complexity index is 529. The maximum absolute atomic E-state index is 12.4. The number of anilines is 1. The average molecular weight is 318 g/mol. The van der Waals surface area contributed by atoms with E-state index in [1.54, 1.807) is 13.8 Å². The van der Waals surface area contributed by atoms with Crippen molar-refractivity contribution in [3.8, 4) is 0 Å². The van der Waals surface area contributed by atoms with Gasteiger partial charge in [0.05, 0.1) is 5.56 Å². The Balaban J connectivity index is 2.63. The zero-order valence-electron chi connectivity index (χ0n) is 12.1. The largest absolute Gasteiger partial charge is 0.416 e. The van der Waals surface area contributed by atoms with E-state index in [1.807, 2.05) is 0 Å². The lowest BCUT2D eigenvalue weighted by atomic mass is 10.1. The van der Waals surface area contributed by atoms with Gasteiger partial charge in [-0.2, -0.15) is 13.2 Å². The van der Waals surface area contributed by atoms with Gasteiger partial charge in [0.15, 0.2) is 0 Å². The molecule has 0 aliphatic rings. The second-order valence-electron chi connectivity index (χ2n) is 4.95. The molecule has 2 atom stereocenters. The number of halogens is 3. The molecule has 1 rings (SSSR count). The first kappa shape index (κ1) is 18.0. The quantitative estimate of drug-likeness (QED) is 0.741. The summed E-state index contributed by atoms with van der Waals surface area (Å²) in [6.45, 7) is 3.17. The van der Waals surface area contributed by atoms with Crippen LogP contribution in [-0.4, -0.2) is 29.6 Å². The Morgan fingerprint density at radius 3 is 2.14 bits per heavy atom. The molecule has 0 radical (unpaired) electrons.